The number of carbonyl (C=O) groups excluding carboxylic acids is 1. The number of aromatic nitrogens is 4. The van der Waals surface area contributed by atoms with E-state index in [0.717, 1.165) is 47.2 Å². The summed E-state index contributed by atoms with van der Waals surface area (Å²) in [6.07, 6.45) is 5.78. The zero-order valence-electron chi connectivity index (χ0n) is 14.2. The van der Waals surface area contributed by atoms with Crippen LogP contribution in [0.25, 0.3) is 10.6 Å². The van der Waals surface area contributed by atoms with E-state index in [1.807, 2.05) is 30.4 Å². The van der Waals surface area contributed by atoms with Gasteiger partial charge in [-0.25, -0.2) is 9.97 Å². The van der Waals surface area contributed by atoms with Crippen molar-refractivity contribution in [3.8, 4) is 10.6 Å². The smallest absolute Gasteiger partial charge is 0.273 e. The van der Waals surface area contributed by atoms with E-state index in [4.69, 9.17) is 0 Å². The van der Waals surface area contributed by atoms with Gasteiger partial charge in [-0.1, -0.05) is 0 Å². The van der Waals surface area contributed by atoms with Crippen LogP contribution in [0.3, 0.4) is 0 Å². The minimum Gasteiger partial charge on any atom is -0.337 e. The lowest BCUT2D eigenvalue weighted by molar-refractivity contribution is 0.0702. The summed E-state index contributed by atoms with van der Waals surface area (Å²) in [4.78, 5) is 23.9. The lowest BCUT2D eigenvalue weighted by Crippen LogP contribution is -2.39. The number of likely N-dealkylation sites (tertiary alicyclic amines) is 1. The van der Waals surface area contributed by atoms with Crippen LogP contribution >= 0.6 is 22.7 Å². The van der Waals surface area contributed by atoms with Gasteiger partial charge in [0.25, 0.3) is 5.91 Å². The van der Waals surface area contributed by atoms with Crippen LogP contribution in [0.2, 0.25) is 0 Å². The Morgan fingerprint density at radius 3 is 2.88 bits per heavy atom. The maximum Gasteiger partial charge on any atom is 0.273 e. The summed E-state index contributed by atoms with van der Waals surface area (Å²) in [6, 6.07) is 0. The van der Waals surface area contributed by atoms with Crippen LogP contribution < -0.4 is 0 Å². The normalized spacial score (nSPS) is 17.8. The summed E-state index contributed by atoms with van der Waals surface area (Å²) in [6.45, 7) is 3.53. The average molecular weight is 374 g/mol. The highest BCUT2D eigenvalue weighted by Crippen LogP contribution is 2.30. The van der Waals surface area contributed by atoms with E-state index < -0.39 is 0 Å². The number of rotatable bonds is 3. The second-order valence-electron chi connectivity index (χ2n) is 6.36. The van der Waals surface area contributed by atoms with E-state index in [0.29, 0.717) is 11.6 Å². The summed E-state index contributed by atoms with van der Waals surface area (Å²) < 4.78 is 1.74. The molecule has 0 bridgehead atoms. The Balaban J connectivity index is 1.49. The minimum atomic E-state index is 0.0179. The van der Waals surface area contributed by atoms with Crippen LogP contribution in [-0.4, -0.2) is 43.6 Å². The van der Waals surface area contributed by atoms with E-state index in [9.17, 15) is 4.79 Å². The first-order chi connectivity index (χ1) is 12.1. The van der Waals surface area contributed by atoms with E-state index >= 15 is 0 Å². The van der Waals surface area contributed by atoms with Crippen molar-refractivity contribution in [2.45, 2.75) is 25.7 Å². The van der Waals surface area contributed by atoms with Crippen molar-refractivity contribution in [3.05, 3.63) is 39.5 Å². The molecule has 1 amide bonds. The van der Waals surface area contributed by atoms with Gasteiger partial charge in [-0.2, -0.15) is 5.10 Å². The van der Waals surface area contributed by atoms with Gasteiger partial charge in [-0.15, -0.1) is 22.7 Å². The van der Waals surface area contributed by atoms with Crippen molar-refractivity contribution in [2.24, 2.45) is 7.05 Å². The molecule has 1 saturated heterocycles. The van der Waals surface area contributed by atoms with Gasteiger partial charge >= 0.3 is 0 Å². The van der Waals surface area contributed by atoms with E-state index in [2.05, 4.69) is 20.4 Å². The molecule has 1 aliphatic heterocycles. The molecule has 0 N–H and O–H groups in total. The maximum atomic E-state index is 12.9. The molecular formula is C17H19N5OS2. The number of hydrogen-bond donors (Lipinski definition) is 0. The van der Waals surface area contributed by atoms with Crippen LogP contribution in [-0.2, 0) is 7.05 Å². The fourth-order valence-corrected chi connectivity index (χ4v) is 4.82. The summed E-state index contributed by atoms with van der Waals surface area (Å²) in [7, 11) is 1.87. The maximum absolute atomic E-state index is 12.9. The van der Waals surface area contributed by atoms with Gasteiger partial charge in [-0.3, -0.25) is 9.48 Å². The van der Waals surface area contributed by atoms with Crippen molar-refractivity contribution >= 4 is 28.6 Å². The first-order valence-corrected chi connectivity index (χ1v) is 10.0. The Kier molecular flexibility index (Phi) is 4.39. The summed E-state index contributed by atoms with van der Waals surface area (Å²) in [5.74, 6) is 0.359. The minimum absolute atomic E-state index is 0.0179. The van der Waals surface area contributed by atoms with Crippen LogP contribution in [0, 0.1) is 6.92 Å². The first kappa shape index (κ1) is 16.4. The molecule has 4 heterocycles. The standard InChI is InChI=1S/C17H19N5OS2/c1-11-9-24-15(19-11)12-4-3-5-22(8-12)17(23)14-10-25-16(20-14)13-6-18-21(2)7-13/h6-7,9-10,12H,3-5,8H2,1-2H3. The number of hydrogen-bond acceptors (Lipinski definition) is 6. The Labute approximate surface area is 154 Å². The quantitative estimate of drug-likeness (QED) is 0.706. The Hall–Kier alpha value is -2.06. The molecule has 1 fully saturated rings. The predicted octanol–water partition coefficient (Wildman–Crippen LogP) is 3.33. The van der Waals surface area contributed by atoms with E-state index in [1.165, 1.54) is 11.3 Å². The molecular weight excluding hydrogens is 354 g/mol. The van der Waals surface area contributed by atoms with Gasteiger partial charge in [0.2, 0.25) is 0 Å². The molecule has 0 saturated carbocycles. The SMILES string of the molecule is Cc1csc(C2CCCN(C(=O)c3csc(-c4cnn(C)c4)n3)C2)n1. The molecule has 1 atom stereocenters. The van der Waals surface area contributed by atoms with Crippen molar-refractivity contribution in [1.82, 2.24) is 24.6 Å². The third-order valence-corrected chi connectivity index (χ3v) is 6.39. The lowest BCUT2D eigenvalue weighted by atomic mass is 9.98. The summed E-state index contributed by atoms with van der Waals surface area (Å²) >= 11 is 3.18. The highest BCUT2D eigenvalue weighted by Gasteiger charge is 2.28. The Morgan fingerprint density at radius 2 is 2.16 bits per heavy atom. The van der Waals surface area contributed by atoms with Crippen molar-refractivity contribution < 1.29 is 4.79 Å². The second kappa shape index (κ2) is 6.68. The molecule has 3 aromatic heterocycles. The molecule has 130 valence electrons. The molecule has 0 radical (unpaired) electrons. The largest absolute Gasteiger partial charge is 0.337 e. The molecule has 4 rings (SSSR count). The van der Waals surface area contributed by atoms with Crippen molar-refractivity contribution in [2.75, 3.05) is 13.1 Å². The monoisotopic (exact) mass is 373 g/mol. The number of thiazole rings is 2. The fraction of sp³-hybridized carbons (Fsp3) is 0.412. The number of aryl methyl sites for hydroxylation is 2. The van der Waals surface area contributed by atoms with Gasteiger partial charge in [0.15, 0.2) is 0 Å². The molecule has 6 nitrogen and oxygen atoms in total. The molecule has 0 aromatic carbocycles. The lowest BCUT2D eigenvalue weighted by Gasteiger charge is -2.31. The molecule has 3 aromatic rings. The van der Waals surface area contributed by atoms with Crippen molar-refractivity contribution in [3.63, 3.8) is 0 Å². The third kappa shape index (κ3) is 3.36. The third-order valence-electron chi connectivity index (χ3n) is 4.37. The van der Waals surface area contributed by atoms with Crippen LogP contribution in [0.4, 0.5) is 0 Å². The highest BCUT2D eigenvalue weighted by molar-refractivity contribution is 7.13. The van der Waals surface area contributed by atoms with Gasteiger partial charge in [0.05, 0.1) is 11.2 Å². The van der Waals surface area contributed by atoms with Gasteiger partial charge < -0.3 is 4.90 Å². The molecule has 25 heavy (non-hydrogen) atoms. The predicted molar refractivity (Wildman–Crippen MR) is 99.0 cm³/mol. The highest BCUT2D eigenvalue weighted by atomic mass is 32.1. The molecule has 8 heteroatoms. The van der Waals surface area contributed by atoms with E-state index in [1.54, 1.807) is 22.2 Å². The van der Waals surface area contributed by atoms with E-state index in [-0.39, 0.29) is 5.91 Å². The molecule has 0 spiro atoms. The molecule has 1 unspecified atom stereocenters. The number of nitrogens with zero attached hydrogens (tertiary/aromatic N) is 5. The zero-order valence-corrected chi connectivity index (χ0v) is 15.8. The van der Waals surface area contributed by atoms with Crippen LogP contribution in [0.15, 0.2) is 23.2 Å². The zero-order chi connectivity index (χ0) is 17.4. The number of amides is 1. The Bertz CT molecular complexity index is 896. The van der Waals surface area contributed by atoms with Crippen LogP contribution in [0.5, 0.6) is 0 Å². The topological polar surface area (TPSA) is 63.9 Å². The van der Waals surface area contributed by atoms with Gasteiger partial charge in [0, 0.05) is 54.3 Å². The van der Waals surface area contributed by atoms with Crippen LogP contribution in [0.1, 0.15) is 39.9 Å². The van der Waals surface area contributed by atoms with Gasteiger partial charge in [0.1, 0.15) is 10.7 Å². The summed E-state index contributed by atoms with van der Waals surface area (Å²) in [5, 5.41) is 10.1. The average Bonchev–Trinajstić information content (AvgIpc) is 3.34. The second-order valence-corrected chi connectivity index (χ2v) is 8.11. The van der Waals surface area contributed by atoms with Crippen molar-refractivity contribution in [1.29, 1.82) is 0 Å². The summed E-state index contributed by atoms with van der Waals surface area (Å²) in [5.41, 5.74) is 2.53. The fourth-order valence-electron chi connectivity index (χ4n) is 3.12. The Morgan fingerprint density at radius 1 is 1.28 bits per heavy atom. The first-order valence-electron chi connectivity index (χ1n) is 8.26. The number of piperidine rings is 1. The molecule has 0 aliphatic carbocycles. The molecule has 1 aliphatic rings. The van der Waals surface area contributed by atoms with Gasteiger partial charge in [-0.05, 0) is 19.8 Å². The number of carbonyl (C=O) groups is 1.